The molecule has 1 unspecified atom stereocenters. The van der Waals surface area contributed by atoms with E-state index < -0.39 is 0 Å². The highest BCUT2D eigenvalue weighted by Crippen LogP contribution is 2.25. The van der Waals surface area contributed by atoms with E-state index in [2.05, 4.69) is 24.5 Å². The molecule has 0 fully saturated rings. The molecule has 3 heteroatoms. The lowest BCUT2D eigenvalue weighted by atomic mass is 9.99. The van der Waals surface area contributed by atoms with E-state index in [9.17, 15) is 5.11 Å². The number of benzene rings is 1. The van der Waals surface area contributed by atoms with Gasteiger partial charge in [-0.25, -0.2) is 0 Å². The maximum absolute atomic E-state index is 9.44. The van der Waals surface area contributed by atoms with Gasteiger partial charge in [-0.3, -0.25) is 0 Å². The molecule has 0 aromatic heterocycles. The minimum atomic E-state index is 0.352. The average Bonchev–Trinajstić information content (AvgIpc) is 2.25. The van der Waals surface area contributed by atoms with E-state index in [1.165, 1.54) is 5.56 Å². The van der Waals surface area contributed by atoms with Gasteiger partial charge in [0, 0.05) is 18.3 Å². The predicted octanol–water partition coefficient (Wildman–Crippen LogP) is 1.97. The number of fused-ring (bicyclic) bond motifs is 1. The monoisotopic (exact) mass is 220 g/mol. The van der Waals surface area contributed by atoms with Crippen molar-refractivity contribution in [1.82, 2.24) is 5.32 Å². The molecule has 2 rings (SSSR count). The van der Waals surface area contributed by atoms with Gasteiger partial charge in [-0.05, 0) is 42.6 Å². The van der Waals surface area contributed by atoms with Crippen LogP contribution in [0.4, 0.5) is 5.69 Å². The van der Waals surface area contributed by atoms with Gasteiger partial charge in [-0.2, -0.15) is 0 Å². The molecule has 0 saturated heterocycles. The Hall–Kier alpha value is -1.22. The topological polar surface area (TPSA) is 44.3 Å². The Morgan fingerprint density at radius 3 is 3.06 bits per heavy atom. The molecule has 16 heavy (non-hydrogen) atoms. The Balaban J connectivity index is 1.99. The van der Waals surface area contributed by atoms with Crippen LogP contribution in [0.3, 0.4) is 0 Å². The molecule has 1 aliphatic rings. The van der Waals surface area contributed by atoms with E-state index in [1.54, 1.807) is 6.07 Å². The summed E-state index contributed by atoms with van der Waals surface area (Å²) < 4.78 is 0. The standard InChI is InChI=1S/C13H20N2O/c1-9(2)7-14-11-5-10-6-12(16)3-4-13(10)15-8-11/h3-4,6,9,11,14-16H,5,7-8H2,1-2H3. The highest BCUT2D eigenvalue weighted by molar-refractivity contribution is 5.56. The predicted molar refractivity (Wildman–Crippen MR) is 66.9 cm³/mol. The molecule has 88 valence electrons. The van der Waals surface area contributed by atoms with Crippen LogP contribution in [0.5, 0.6) is 5.75 Å². The minimum Gasteiger partial charge on any atom is -0.508 e. The SMILES string of the molecule is CC(C)CNC1CNc2ccc(O)cc2C1. The lowest BCUT2D eigenvalue weighted by molar-refractivity contribution is 0.459. The van der Waals surface area contributed by atoms with Crippen LogP contribution in [-0.4, -0.2) is 24.2 Å². The molecule has 1 aliphatic heterocycles. The summed E-state index contributed by atoms with van der Waals surface area (Å²) in [7, 11) is 0. The van der Waals surface area contributed by atoms with Crippen molar-refractivity contribution < 1.29 is 5.11 Å². The molecular formula is C13H20N2O. The van der Waals surface area contributed by atoms with Crippen molar-refractivity contribution >= 4 is 5.69 Å². The largest absolute Gasteiger partial charge is 0.508 e. The van der Waals surface area contributed by atoms with E-state index in [1.807, 2.05) is 12.1 Å². The molecule has 0 bridgehead atoms. The first kappa shape index (κ1) is 11.3. The zero-order valence-corrected chi connectivity index (χ0v) is 9.96. The number of rotatable bonds is 3. The lowest BCUT2D eigenvalue weighted by Gasteiger charge is -2.27. The first-order valence-electron chi connectivity index (χ1n) is 5.94. The van der Waals surface area contributed by atoms with Crippen LogP contribution in [-0.2, 0) is 6.42 Å². The van der Waals surface area contributed by atoms with Gasteiger partial charge in [0.25, 0.3) is 0 Å². The highest BCUT2D eigenvalue weighted by Gasteiger charge is 2.17. The van der Waals surface area contributed by atoms with Crippen molar-refractivity contribution in [2.45, 2.75) is 26.3 Å². The molecule has 0 amide bonds. The van der Waals surface area contributed by atoms with Crippen LogP contribution in [0.25, 0.3) is 0 Å². The summed E-state index contributed by atoms with van der Waals surface area (Å²) in [6, 6.07) is 6.00. The van der Waals surface area contributed by atoms with Gasteiger partial charge in [0.05, 0.1) is 0 Å². The van der Waals surface area contributed by atoms with Crippen LogP contribution >= 0.6 is 0 Å². The minimum absolute atomic E-state index is 0.352. The Labute approximate surface area is 96.9 Å². The summed E-state index contributed by atoms with van der Waals surface area (Å²) >= 11 is 0. The van der Waals surface area contributed by atoms with Crippen molar-refractivity contribution in [2.75, 3.05) is 18.4 Å². The molecule has 0 spiro atoms. The normalized spacial score (nSPS) is 19.3. The summed E-state index contributed by atoms with van der Waals surface area (Å²) in [4.78, 5) is 0. The van der Waals surface area contributed by atoms with Gasteiger partial charge >= 0.3 is 0 Å². The van der Waals surface area contributed by atoms with Gasteiger partial charge in [0.2, 0.25) is 0 Å². The molecule has 1 aromatic carbocycles. The fourth-order valence-electron chi connectivity index (χ4n) is 2.04. The van der Waals surface area contributed by atoms with Crippen molar-refractivity contribution in [3.05, 3.63) is 23.8 Å². The number of hydrogen-bond donors (Lipinski definition) is 3. The molecule has 0 aliphatic carbocycles. The number of nitrogens with one attached hydrogen (secondary N) is 2. The second-order valence-corrected chi connectivity index (χ2v) is 4.93. The van der Waals surface area contributed by atoms with Gasteiger partial charge in [-0.15, -0.1) is 0 Å². The average molecular weight is 220 g/mol. The highest BCUT2D eigenvalue weighted by atomic mass is 16.3. The quantitative estimate of drug-likeness (QED) is 0.682. The van der Waals surface area contributed by atoms with Crippen LogP contribution < -0.4 is 10.6 Å². The third kappa shape index (κ3) is 2.67. The molecule has 1 atom stereocenters. The van der Waals surface area contributed by atoms with E-state index >= 15 is 0 Å². The van der Waals surface area contributed by atoms with Crippen LogP contribution in [0, 0.1) is 5.92 Å². The van der Waals surface area contributed by atoms with Gasteiger partial charge in [0.1, 0.15) is 5.75 Å². The Bertz CT molecular complexity index is 363. The van der Waals surface area contributed by atoms with Gasteiger partial charge in [0.15, 0.2) is 0 Å². The summed E-state index contributed by atoms with van der Waals surface area (Å²) in [6.45, 7) is 6.43. The molecular weight excluding hydrogens is 200 g/mol. The smallest absolute Gasteiger partial charge is 0.116 e. The Kier molecular flexibility index (Phi) is 3.34. The number of anilines is 1. The maximum Gasteiger partial charge on any atom is 0.116 e. The second kappa shape index (κ2) is 4.74. The molecule has 3 N–H and O–H groups in total. The first-order chi connectivity index (χ1) is 7.65. The lowest BCUT2D eigenvalue weighted by Crippen LogP contribution is -2.41. The van der Waals surface area contributed by atoms with Crippen molar-refractivity contribution in [3.63, 3.8) is 0 Å². The summed E-state index contributed by atoms with van der Waals surface area (Å²) in [5.41, 5.74) is 2.35. The van der Waals surface area contributed by atoms with Crippen molar-refractivity contribution in [2.24, 2.45) is 5.92 Å². The van der Waals surface area contributed by atoms with Gasteiger partial charge < -0.3 is 15.7 Å². The van der Waals surface area contributed by atoms with Gasteiger partial charge in [-0.1, -0.05) is 13.8 Å². The summed E-state index contributed by atoms with van der Waals surface area (Å²) in [5.74, 6) is 1.02. The van der Waals surface area contributed by atoms with Crippen LogP contribution in [0.2, 0.25) is 0 Å². The second-order valence-electron chi connectivity index (χ2n) is 4.93. The molecule has 1 heterocycles. The van der Waals surface area contributed by atoms with E-state index in [0.717, 1.165) is 25.2 Å². The molecule has 0 radical (unpaired) electrons. The molecule has 0 saturated carbocycles. The Morgan fingerprint density at radius 2 is 2.31 bits per heavy atom. The third-order valence-corrected chi connectivity index (χ3v) is 2.91. The number of aromatic hydroxyl groups is 1. The zero-order chi connectivity index (χ0) is 11.5. The zero-order valence-electron chi connectivity index (χ0n) is 9.96. The van der Waals surface area contributed by atoms with Crippen LogP contribution in [0.15, 0.2) is 18.2 Å². The maximum atomic E-state index is 9.44. The summed E-state index contributed by atoms with van der Waals surface area (Å²) in [5, 5.41) is 16.4. The third-order valence-electron chi connectivity index (χ3n) is 2.91. The van der Waals surface area contributed by atoms with E-state index in [4.69, 9.17) is 0 Å². The fraction of sp³-hybridized carbons (Fsp3) is 0.538. The number of phenolic OH excluding ortho intramolecular Hbond substituents is 1. The van der Waals surface area contributed by atoms with Crippen LogP contribution in [0.1, 0.15) is 19.4 Å². The molecule has 3 nitrogen and oxygen atoms in total. The van der Waals surface area contributed by atoms with E-state index in [0.29, 0.717) is 17.7 Å². The van der Waals surface area contributed by atoms with Crippen molar-refractivity contribution in [1.29, 1.82) is 0 Å². The first-order valence-corrected chi connectivity index (χ1v) is 5.94. The Morgan fingerprint density at radius 1 is 1.50 bits per heavy atom. The number of hydrogen-bond acceptors (Lipinski definition) is 3. The fourth-order valence-corrected chi connectivity index (χ4v) is 2.04. The van der Waals surface area contributed by atoms with E-state index in [-0.39, 0.29) is 0 Å². The van der Waals surface area contributed by atoms with Crippen molar-refractivity contribution in [3.8, 4) is 5.75 Å². The molecule has 1 aromatic rings. The summed E-state index contributed by atoms with van der Waals surface area (Å²) in [6.07, 6.45) is 0.990. The number of phenols is 1.